The predicted octanol–water partition coefficient (Wildman–Crippen LogP) is 3.69. The summed E-state index contributed by atoms with van der Waals surface area (Å²) in [5.74, 6) is 0.787. The summed E-state index contributed by atoms with van der Waals surface area (Å²) in [4.78, 5) is 11.9. The van der Waals surface area contributed by atoms with Gasteiger partial charge in [-0.1, -0.05) is 39.0 Å². The Labute approximate surface area is 104 Å². The van der Waals surface area contributed by atoms with E-state index in [1.807, 2.05) is 0 Å². The largest absolute Gasteiger partial charge is 0.465 e. The summed E-state index contributed by atoms with van der Waals surface area (Å²) in [5.41, 5.74) is 0.422. The van der Waals surface area contributed by atoms with Gasteiger partial charge in [-0.2, -0.15) is 0 Å². The van der Waals surface area contributed by atoms with Crippen LogP contribution in [0.3, 0.4) is 0 Å². The Balaban J connectivity index is 1.51. The van der Waals surface area contributed by atoms with Gasteiger partial charge in [0.25, 0.3) is 0 Å². The fraction of sp³-hybridized carbons (Fsp3) is 0.933. The highest BCUT2D eigenvalue weighted by molar-refractivity contribution is 5.81. The zero-order valence-corrected chi connectivity index (χ0v) is 11.0. The van der Waals surface area contributed by atoms with Crippen LogP contribution < -0.4 is 0 Å². The van der Waals surface area contributed by atoms with Gasteiger partial charge in [0, 0.05) is 5.41 Å². The Morgan fingerprint density at radius 1 is 1.24 bits per heavy atom. The van der Waals surface area contributed by atoms with E-state index in [-0.39, 0.29) is 11.4 Å². The van der Waals surface area contributed by atoms with Crippen LogP contribution in [-0.4, -0.2) is 12.6 Å². The van der Waals surface area contributed by atoms with E-state index < -0.39 is 0 Å². The second-order valence-corrected chi connectivity index (χ2v) is 6.69. The Morgan fingerprint density at radius 2 is 2.00 bits per heavy atom. The van der Waals surface area contributed by atoms with E-state index in [1.54, 1.807) is 0 Å². The SMILES string of the molecule is CCCCCCCC1CC23COC(=O)C1(C2)C3. The van der Waals surface area contributed by atoms with Crippen LogP contribution >= 0.6 is 0 Å². The van der Waals surface area contributed by atoms with Crippen molar-refractivity contribution in [3.63, 3.8) is 0 Å². The molecule has 2 nitrogen and oxygen atoms in total. The Hall–Kier alpha value is -0.530. The van der Waals surface area contributed by atoms with E-state index in [0.29, 0.717) is 11.3 Å². The minimum Gasteiger partial charge on any atom is -0.465 e. The summed E-state index contributed by atoms with van der Waals surface area (Å²) in [5, 5.41) is 0. The number of cyclic esters (lactones) is 1. The fourth-order valence-corrected chi connectivity index (χ4v) is 4.64. The lowest BCUT2D eigenvalue weighted by atomic mass is 9.57. The first kappa shape index (κ1) is 11.6. The van der Waals surface area contributed by atoms with Crippen molar-refractivity contribution < 1.29 is 9.53 Å². The molecule has 1 heterocycles. The van der Waals surface area contributed by atoms with Crippen molar-refractivity contribution in [1.29, 1.82) is 0 Å². The lowest BCUT2D eigenvalue weighted by Crippen LogP contribution is -2.53. The third kappa shape index (κ3) is 1.63. The van der Waals surface area contributed by atoms with Crippen LogP contribution in [0.5, 0.6) is 0 Å². The number of carbonyl (C=O) groups excluding carboxylic acids is 1. The average molecular weight is 236 g/mol. The number of hydrogen-bond donors (Lipinski definition) is 0. The average Bonchev–Trinajstić information content (AvgIpc) is 2.71. The lowest BCUT2D eigenvalue weighted by molar-refractivity contribution is -0.191. The zero-order chi connectivity index (χ0) is 11.9. The highest BCUT2D eigenvalue weighted by atomic mass is 16.5. The zero-order valence-electron chi connectivity index (χ0n) is 11.0. The number of esters is 1. The van der Waals surface area contributed by atoms with Gasteiger partial charge in [0.15, 0.2) is 0 Å². The number of fused-ring (bicyclic) bond motifs is 1. The summed E-state index contributed by atoms with van der Waals surface area (Å²) in [6.07, 6.45) is 11.5. The van der Waals surface area contributed by atoms with E-state index in [1.165, 1.54) is 44.9 Å². The van der Waals surface area contributed by atoms with Crippen LogP contribution in [0.4, 0.5) is 0 Å². The third-order valence-corrected chi connectivity index (χ3v) is 5.41. The summed E-state index contributed by atoms with van der Waals surface area (Å²) >= 11 is 0. The van der Waals surface area contributed by atoms with E-state index in [0.717, 1.165) is 19.4 Å². The molecule has 1 aliphatic heterocycles. The van der Waals surface area contributed by atoms with E-state index in [4.69, 9.17) is 4.74 Å². The molecule has 3 aliphatic carbocycles. The topological polar surface area (TPSA) is 26.3 Å². The van der Waals surface area contributed by atoms with Crippen LogP contribution in [0.25, 0.3) is 0 Å². The van der Waals surface area contributed by atoms with Crippen molar-refractivity contribution >= 4 is 5.97 Å². The summed E-state index contributed by atoms with van der Waals surface area (Å²) in [6.45, 7) is 2.98. The van der Waals surface area contributed by atoms with Crippen molar-refractivity contribution in [2.45, 2.75) is 64.7 Å². The molecule has 96 valence electrons. The molecule has 2 bridgehead atoms. The van der Waals surface area contributed by atoms with Crippen molar-refractivity contribution in [3.8, 4) is 0 Å². The maximum Gasteiger partial charge on any atom is 0.312 e. The first-order valence-electron chi connectivity index (χ1n) is 7.38. The molecule has 2 heteroatoms. The van der Waals surface area contributed by atoms with Gasteiger partial charge in [0.1, 0.15) is 0 Å². The number of carbonyl (C=O) groups is 1. The molecule has 4 rings (SSSR count). The van der Waals surface area contributed by atoms with Gasteiger partial charge >= 0.3 is 5.97 Å². The monoisotopic (exact) mass is 236 g/mol. The van der Waals surface area contributed by atoms with Crippen LogP contribution in [0.2, 0.25) is 0 Å². The van der Waals surface area contributed by atoms with Crippen molar-refractivity contribution in [2.24, 2.45) is 16.7 Å². The number of rotatable bonds is 6. The van der Waals surface area contributed by atoms with Gasteiger partial charge in [0.2, 0.25) is 0 Å². The maximum atomic E-state index is 11.9. The molecular weight excluding hydrogens is 212 g/mol. The highest BCUT2D eigenvalue weighted by Crippen LogP contribution is 2.73. The number of ether oxygens (including phenoxy) is 1. The Bertz CT molecular complexity index is 315. The lowest BCUT2D eigenvalue weighted by Gasteiger charge is -2.51. The molecule has 0 aromatic heterocycles. The number of unbranched alkanes of at least 4 members (excludes halogenated alkanes) is 4. The second-order valence-electron chi connectivity index (χ2n) is 6.69. The highest BCUT2D eigenvalue weighted by Gasteiger charge is 2.73. The molecule has 0 N–H and O–H groups in total. The smallest absolute Gasteiger partial charge is 0.312 e. The first-order valence-corrected chi connectivity index (χ1v) is 7.38. The van der Waals surface area contributed by atoms with Crippen molar-refractivity contribution in [1.82, 2.24) is 0 Å². The summed E-state index contributed by atoms with van der Waals surface area (Å²) in [6, 6.07) is 0. The third-order valence-electron chi connectivity index (χ3n) is 5.41. The summed E-state index contributed by atoms with van der Waals surface area (Å²) < 4.78 is 5.34. The normalized spacial score (nSPS) is 42.2. The van der Waals surface area contributed by atoms with Gasteiger partial charge in [-0.15, -0.1) is 0 Å². The molecule has 1 atom stereocenters. The first-order chi connectivity index (χ1) is 8.21. The van der Waals surface area contributed by atoms with Gasteiger partial charge in [0.05, 0.1) is 12.0 Å². The van der Waals surface area contributed by atoms with Crippen LogP contribution in [0, 0.1) is 16.7 Å². The van der Waals surface area contributed by atoms with Gasteiger partial charge < -0.3 is 4.74 Å². The minimum atomic E-state index is -0.0109. The van der Waals surface area contributed by atoms with Crippen LogP contribution in [0.15, 0.2) is 0 Å². The molecule has 17 heavy (non-hydrogen) atoms. The van der Waals surface area contributed by atoms with E-state index in [9.17, 15) is 4.79 Å². The Morgan fingerprint density at radius 3 is 2.76 bits per heavy atom. The number of hydrogen-bond acceptors (Lipinski definition) is 2. The second kappa shape index (κ2) is 4.00. The van der Waals surface area contributed by atoms with E-state index >= 15 is 0 Å². The molecule has 4 aliphatic rings. The molecule has 1 unspecified atom stereocenters. The molecule has 4 fully saturated rings. The molecular formula is C15H24O2. The molecule has 1 saturated heterocycles. The quantitative estimate of drug-likeness (QED) is 0.519. The standard InChI is InChI=1S/C15H24O2/c1-2-3-4-5-6-7-12-8-14-9-15(12,10-14)13(16)17-11-14/h12H,2-11H2,1H3. The van der Waals surface area contributed by atoms with Gasteiger partial charge in [-0.05, 0) is 31.6 Å². The van der Waals surface area contributed by atoms with Gasteiger partial charge in [-0.25, -0.2) is 0 Å². The van der Waals surface area contributed by atoms with Crippen molar-refractivity contribution in [3.05, 3.63) is 0 Å². The van der Waals surface area contributed by atoms with E-state index in [2.05, 4.69) is 6.92 Å². The van der Waals surface area contributed by atoms with Gasteiger partial charge in [-0.3, -0.25) is 4.79 Å². The summed E-state index contributed by atoms with van der Waals surface area (Å²) in [7, 11) is 0. The fourth-order valence-electron chi connectivity index (χ4n) is 4.64. The maximum absolute atomic E-state index is 11.9. The predicted molar refractivity (Wildman–Crippen MR) is 66.5 cm³/mol. The Kier molecular flexibility index (Phi) is 2.72. The molecule has 0 spiro atoms. The van der Waals surface area contributed by atoms with Crippen LogP contribution in [-0.2, 0) is 9.53 Å². The molecule has 0 amide bonds. The van der Waals surface area contributed by atoms with Crippen LogP contribution in [0.1, 0.15) is 64.7 Å². The molecule has 3 saturated carbocycles. The molecule has 0 radical (unpaired) electrons. The molecule has 0 aromatic rings. The van der Waals surface area contributed by atoms with Crippen molar-refractivity contribution in [2.75, 3.05) is 6.61 Å². The minimum absolute atomic E-state index is 0.0109. The molecule has 0 aromatic carbocycles.